The van der Waals surface area contributed by atoms with Crippen molar-refractivity contribution in [2.75, 3.05) is 16.1 Å². The molecule has 4 rings (SSSR count). The van der Waals surface area contributed by atoms with E-state index in [1.54, 1.807) is 19.1 Å². The molecule has 10 nitrogen and oxygen atoms in total. The number of para-hydroxylation sites is 1. The number of hydrogen-bond acceptors (Lipinski definition) is 9. The summed E-state index contributed by atoms with van der Waals surface area (Å²) in [5, 5.41) is 21.7. The van der Waals surface area contributed by atoms with E-state index in [9.17, 15) is 10.1 Å². The van der Waals surface area contributed by atoms with Crippen LogP contribution >= 0.6 is 0 Å². The maximum atomic E-state index is 10.9. The number of benzene rings is 3. The SMILES string of the molecule is CC(=NNc1nc(Nc2ccccc2)nc(Nc2ccc(C)cc2C)n1)c1ccc([N+](=O)[O-])cc1. The van der Waals surface area contributed by atoms with E-state index in [0.717, 1.165) is 28.1 Å². The van der Waals surface area contributed by atoms with Gasteiger partial charge in [-0.05, 0) is 62.2 Å². The quantitative estimate of drug-likeness (QED) is 0.170. The number of nitro benzene ring substituents is 1. The van der Waals surface area contributed by atoms with Crippen LogP contribution in [0.5, 0.6) is 0 Å². The lowest BCUT2D eigenvalue weighted by molar-refractivity contribution is -0.384. The third-order valence-corrected chi connectivity index (χ3v) is 5.11. The lowest BCUT2D eigenvalue weighted by Crippen LogP contribution is -2.09. The smallest absolute Gasteiger partial charge is 0.269 e. The van der Waals surface area contributed by atoms with Gasteiger partial charge in [0.1, 0.15) is 0 Å². The van der Waals surface area contributed by atoms with Crippen molar-refractivity contribution >= 4 is 40.6 Å². The first kappa shape index (κ1) is 23.3. The second kappa shape index (κ2) is 10.4. The van der Waals surface area contributed by atoms with E-state index in [1.165, 1.54) is 12.1 Å². The van der Waals surface area contributed by atoms with Crippen molar-refractivity contribution in [2.45, 2.75) is 20.8 Å². The minimum absolute atomic E-state index is 0.0192. The standard InChI is InChI=1S/C25H24N8O2/c1-16-9-14-22(17(2)15-16)27-24-28-23(26-20-7-5-4-6-8-20)29-25(30-24)32-31-18(3)19-10-12-21(13-11-19)33(34)35/h4-15H,1-3H3,(H3,26,27,28,29,30,32). The topological polar surface area (TPSA) is 130 Å². The molecular formula is C25H24N8O2. The van der Waals surface area contributed by atoms with Gasteiger partial charge < -0.3 is 10.6 Å². The summed E-state index contributed by atoms with van der Waals surface area (Å²) in [5.74, 6) is 0.909. The predicted octanol–water partition coefficient (Wildman–Crippen LogP) is 5.72. The van der Waals surface area contributed by atoms with Crippen LogP contribution in [-0.4, -0.2) is 25.6 Å². The number of non-ortho nitro benzene ring substituents is 1. The monoisotopic (exact) mass is 468 g/mol. The van der Waals surface area contributed by atoms with E-state index in [-0.39, 0.29) is 11.6 Å². The van der Waals surface area contributed by atoms with Crippen LogP contribution in [0.4, 0.5) is 34.9 Å². The number of anilines is 5. The Bertz CT molecular complexity index is 1370. The van der Waals surface area contributed by atoms with Gasteiger partial charge in [-0.1, -0.05) is 35.9 Å². The highest BCUT2D eigenvalue weighted by Crippen LogP contribution is 2.22. The molecule has 10 heteroatoms. The molecule has 1 aromatic heterocycles. The van der Waals surface area contributed by atoms with Gasteiger partial charge in [0, 0.05) is 23.5 Å². The third-order valence-electron chi connectivity index (χ3n) is 5.11. The van der Waals surface area contributed by atoms with Crippen molar-refractivity contribution < 1.29 is 4.92 Å². The van der Waals surface area contributed by atoms with Gasteiger partial charge >= 0.3 is 0 Å². The molecule has 0 unspecified atom stereocenters. The molecule has 0 spiro atoms. The van der Waals surface area contributed by atoms with Gasteiger partial charge in [-0.2, -0.15) is 20.1 Å². The molecule has 0 saturated heterocycles. The Labute approximate surface area is 202 Å². The van der Waals surface area contributed by atoms with E-state index in [0.29, 0.717) is 17.6 Å². The van der Waals surface area contributed by atoms with Gasteiger partial charge in [0.05, 0.1) is 10.6 Å². The molecule has 35 heavy (non-hydrogen) atoms. The van der Waals surface area contributed by atoms with Crippen LogP contribution < -0.4 is 16.1 Å². The average Bonchev–Trinajstić information content (AvgIpc) is 2.85. The van der Waals surface area contributed by atoms with Crippen LogP contribution in [0, 0.1) is 24.0 Å². The number of nitrogens with zero attached hydrogens (tertiary/aromatic N) is 5. The molecule has 0 bridgehead atoms. The summed E-state index contributed by atoms with van der Waals surface area (Å²) in [7, 11) is 0. The van der Waals surface area contributed by atoms with Crippen LogP contribution in [-0.2, 0) is 0 Å². The molecule has 0 aliphatic carbocycles. The molecule has 0 aliphatic heterocycles. The third kappa shape index (κ3) is 6.14. The number of nitrogens with one attached hydrogen (secondary N) is 3. The summed E-state index contributed by atoms with van der Waals surface area (Å²) < 4.78 is 0. The lowest BCUT2D eigenvalue weighted by atomic mass is 10.1. The van der Waals surface area contributed by atoms with Crippen LogP contribution in [0.1, 0.15) is 23.6 Å². The Hall–Kier alpha value is -4.86. The molecule has 0 saturated carbocycles. The Morgan fingerprint density at radius 1 is 0.857 bits per heavy atom. The van der Waals surface area contributed by atoms with Crippen LogP contribution in [0.25, 0.3) is 0 Å². The van der Waals surface area contributed by atoms with E-state index in [1.807, 2.05) is 56.3 Å². The van der Waals surface area contributed by atoms with Gasteiger partial charge in [0.15, 0.2) is 0 Å². The molecule has 0 aliphatic rings. The average molecular weight is 469 g/mol. The first-order chi connectivity index (χ1) is 16.9. The van der Waals surface area contributed by atoms with Crippen molar-refractivity contribution in [1.29, 1.82) is 0 Å². The minimum atomic E-state index is -0.440. The number of hydrogen-bond donors (Lipinski definition) is 3. The molecule has 4 aromatic rings. The number of hydrazone groups is 1. The van der Waals surface area contributed by atoms with E-state index < -0.39 is 4.92 Å². The van der Waals surface area contributed by atoms with Gasteiger partial charge in [0.2, 0.25) is 17.8 Å². The molecule has 0 radical (unpaired) electrons. The number of aromatic nitrogens is 3. The molecule has 176 valence electrons. The van der Waals surface area contributed by atoms with Gasteiger partial charge in [0.25, 0.3) is 5.69 Å². The maximum Gasteiger partial charge on any atom is 0.269 e. The molecule has 3 aromatic carbocycles. The molecule has 0 amide bonds. The van der Waals surface area contributed by atoms with Crippen molar-refractivity contribution in [2.24, 2.45) is 5.10 Å². The van der Waals surface area contributed by atoms with E-state index >= 15 is 0 Å². The molecule has 0 atom stereocenters. The lowest BCUT2D eigenvalue weighted by Gasteiger charge is -2.12. The summed E-state index contributed by atoms with van der Waals surface area (Å²) in [6.07, 6.45) is 0. The second-order valence-corrected chi connectivity index (χ2v) is 7.85. The fourth-order valence-electron chi connectivity index (χ4n) is 3.29. The fraction of sp³-hybridized carbons (Fsp3) is 0.120. The summed E-state index contributed by atoms with van der Waals surface area (Å²) in [6.45, 7) is 5.83. The normalized spacial score (nSPS) is 11.1. The molecular weight excluding hydrogens is 444 g/mol. The van der Waals surface area contributed by atoms with Crippen molar-refractivity contribution in [3.63, 3.8) is 0 Å². The minimum Gasteiger partial charge on any atom is -0.324 e. The van der Waals surface area contributed by atoms with Crippen LogP contribution in [0.15, 0.2) is 77.9 Å². The zero-order chi connectivity index (χ0) is 24.8. The summed E-state index contributed by atoms with van der Waals surface area (Å²) in [4.78, 5) is 23.8. The fourth-order valence-corrected chi connectivity index (χ4v) is 3.29. The number of nitro groups is 1. The highest BCUT2D eigenvalue weighted by atomic mass is 16.6. The van der Waals surface area contributed by atoms with E-state index in [2.05, 4.69) is 42.2 Å². The zero-order valence-electron chi connectivity index (χ0n) is 19.5. The largest absolute Gasteiger partial charge is 0.324 e. The first-order valence-electron chi connectivity index (χ1n) is 10.8. The summed E-state index contributed by atoms with van der Waals surface area (Å²) in [5.41, 5.74) is 8.16. The van der Waals surface area contributed by atoms with Gasteiger partial charge in [-0.15, -0.1) is 0 Å². The van der Waals surface area contributed by atoms with Gasteiger partial charge in [-0.3, -0.25) is 10.1 Å². The van der Waals surface area contributed by atoms with Crippen molar-refractivity contribution in [3.8, 4) is 0 Å². The van der Waals surface area contributed by atoms with Crippen LogP contribution in [0.2, 0.25) is 0 Å². The predicted molar refractivity (Wildman–Crippen MR) is 138 cm³/mol. The Morgan fingerprint density at radius 2 is 1.51 bits per heavy atom. The van der Waals surface area contributed by atoms with Crippen molar-refractivity contribution in [3.05, 3.63) is 99.6 Å². The number of rotatable bonds is 8. The second-order valence-electron chi connectivity index (χ2n) is 7.85. The molecule has 3 N–H and O–H groups in total. The number of aryl methyl sites for hydroxylation is 2. The Kier molecular flexibility index (Phi) is 6.91. The zero-order valence-corrected chi connectivity index (χ0v) is 19.5. The molecule has 1 heterocycles. The van der Waals surface area contributed by atoms with Gasteiger partial charge in [-0.25, -0.2) is 5.43 Å². The van der Waals surface area contributed by atoms with E-state index in [4.69, 9.17) is 0 Å². The Balaban J connectivity index is 1.61. The highest BCUT2D eigenvalue weighted by molar-refractivity contribution is 5.99. The van der Waals surface area contributed by atoms with Crippen LogP contribution in [0.3, 0.4) is 0 Å². The van der Waals surface area contributed by atoms with Crippen molar-refractivity contribution in [1.82, 2.24) is 15.0 Å². The highest BCUT2D eigenvalue weighted by Gasteiger charge is 2.10. The summed E-state index contributed by atoms with van der Waals surface area (Å²) >= 11 is 0. The molecule has 0 fully saturated rings. The first-order valence-corrected chi connectivity index (χ1v) is 10.8. The summed E-state index contributed by atoms with van der Waals surface area (Å²) in [6, 6.07) is 21.8. The maximum absolute atomic E-state index is 10.9. The Morgan fingerprint density at radius 3 is 2.17 bits per heavy atom.